The number of nitrogens with one attached hydrogen (secondary N) is 1. The van der Waals surface area contributed by atoms with Crippen LogP contribution in [0.15, 0.2) is 17.2 Å². The Morgan fingerprint density at radius 2 is 2.20 bits per heavy atom. The predicted octanol–water partition coefficient (Wildman–Crippen LogP) is 1.68. The molecule has 1 heterocycles. The van der Waals surface area contributed by atoms with Crippen LogP contribution in [0.2, 0.25) is 0 Å². The van der Waals surface area contributed by atoms with Gasteiger partial charge in [0.25, 0.3) is 0 Å². The van der Waals surface area contributed by atoms with Gasteiger partial charge in [-0.3, -0.25) is 0 Å². The lowest BCUT2D eigenvalue weighted by atomic mass is 9.99. The molecule has 0 bridgehead atoms. The van der Waals surface area contributed by atoms with Crippen molar-refractivity contribution in [3.63, 3.8) is 0 Å². The zero-order valence-electron chi connectivity index (χ0n) is 12.3. The highest BCUT2D eigenvalue weighted by Gasteiger charge is 2.26. The fraction of sp³-hybridized carbons (Fsp3) is 0.714. The summed E-state index contributed by atoms with van der Waals surface area (Å²) in [6, 6.07) is 1.67. The van der Waals surface area contributed by atoms with Crippen molar-refractivity contribution in [3.8, 4) is 0 Å². The Kier molecular flexibility index (Phi) is 4.88. The summed E-state index contributed by atoms with van der Waals surface area (Å²) >= 11 is 0. The minimum absolute atomic E-state index is 0.324. The van der Waals surface area contributed by atoms with Gasteiger partial charge in [0, 0.05) is 31.5 Å². The van der Waals surface area contributed by atoms with Crippen LogP contribution in [0.3, 0.4) is 0 Å². The number of aromatic nitrogens is 1. The smallest absolute Gasteiger partial charge is 0.242 e. The van der Waals surface area contributed by atoms with Gasteiger partial charge in [-0.1, -0.05) is 19.8 Å². The van der Waals surface area contributed by atoms with E-state index in [-0.39, 0.29) is 0 Å². The maximum atomic E-state index is 12.3. The fourth-order valence-electron chi connectivity index (χ4n) is 2.96. The fourth-order valence-corrected chi connectivity index (χ4v) is 4.12. The maximum absolute atomic E-state index is 12.3. The van der Waals surface area contributed by atoms with E-state index in [2.05, 4.69) is 11.6 Å². The van der Waals surface area contributed by atoms with Crippen molar-refractivity contribution in [1.82, 2.24) is 9.29 Å². The number of hydrogen-bond acceptors (Lipinski definition) is 3. The molecule has 1 aliphatic carbocycles. The average Bonchev–Trinajstić information content (AvgIpc) is 3.02. The van der Waals surface area contributed by atoms with Crippen LogP contribution in [0.4, 0.5) is 0 Å². The molecule has 1 aliphatic rings. The molecule has 1 aromatic rings. The molecular weight excluding hydrogens is 274 g/mol. The first-order valence-electron chi connectivity index (χ1n) is 7.36. The van der Waals surface area contributed by atoms with Crippen molar-refractivity contribution in [2.75, 3.05) is 6.54 Å². The highest BCUT2D eigenvalue weighted by molar-refractivity contribution is 7.89. The van der Waals surface area contributed by atoms with Crippen molar-refractivity contribution in [3.05, 3.63) is 18.0 Å². The first kappa shape index (κ1) is 15.5. The summed E-state index contributed by atoms with van der Waals surface area (Å²) in [7, 11) is -3.42. The molecule has 6 heteroatoms. The van der Waals surface area contributed by atoms with Crippen LogP contribution in [0.1, 0.15) is 38.8 Å². The van der Waals surface area contributed by atoms with Crippen molar-refractivity contribution in [2.45, 2.75) is 51.1 Å². The predicted molar refractivity (Wildman–Crippen MR) is 79.7 cm³/mol. The molecule has 0 amide bonds. The van der Waals surface area contributed by atoms with Crippen molar-refractivity contribution < 1.29 is 8.42 Å². The molecule has 1 fully saturated rings. The van der Waals surface area contributed by atoms with Crippen molar-refractivity contribution in [2.24, 2.45) is 17.6 Å². The molecule has 0 aliphatic heterocycles. The molecule has 0 radical (unpaired) electrons. The second kappa shape index (κ2) is 6.28. The van der Waals surface area contributed by atoms with Gasteiger partial charge in [0.05, 0.1) is 4.90 Å². The van der Waals surface area contributed by atoms with Crippen LogP contribution < -0.4 is 10.5 Å². The SMILES string of the molecule is CCn1cc(S(=O)(=O)NCC2CCCC2C)cc1CN. The van der Waals surface area contributed by atoms with Gasteiger partial charge < -0.3 is 10.3 Å². The van der Waals surface area contributed by atoms with Gasteiger partial charge in [-0.25, -0.2) is 13.1 Å². The maximum Gasteiger partial charge on any atom is 0.242 e. The Labute approximate surface area is 121 Å². The van der Waals surface area contributed by atoms with Gasteiger partial charge in [-0.2, -0.15) is 0 Å². The molecule has 20 heavy (non-hydrogen) atoms. The van der Waals surface area contributed by atoms with E-state index >= 15 is 0 Å². The summed E-state index contributed by atoms with van der Waals surface area (Å²) in [5.74, 6) is 1.07. The molecule has 1 saturated carbocycles. The van der Waals surface area contributed by atoms with Crippen LogP contribution in [0.25, 0.3) is 0 Å². The lowest BCUT2D eigenvalue weighted by Crippen LogP contribution is -2.30. The number of rotatable bonds is 6. The quantitative estimate of drug-likeness (QED) is 0.839. The van der Waals surface area contributed by atoms with Gasteiger partial charge in [-0.15, -0.1) is 0 Å². The Morgan fingerprint density at radius 3 is 2.70 bits per heavy atom. The molecule has 0 aromatic carbocycles. The summed E-state index contributed by atoms with van der Waals surface area (Å²) in [5.41, 5.74) is 6.49. The molecule has 1 aromatic heterocycles. The minimum Gasteiger partial charge on any atom is -0.349 e. The summed E-state index contributed by atoms with van der Waals surface area (Å²) in [6.07, 6.45) is 5.20. The summed E-state index contributed by atoms with van der Waals surface area (Å²) in [6.45, 7) is 5.79. The van der Waals surface area contributed by atoms with E-state index in [4.69, 9.17) is 5.73 Å². The van der Waals surface area contributed by atoms with E-state index in [1.807, 2.05) is 11.5 Å². The monoisotopic (exact) mass is 299 g/mol. The average molecular weight is 299 g/mol. The van der Waals surface area contributed by atoms with Crippen molar-refractivity contribution in [1.29, 1.82) is 0 Å². The van der Waals surface area contributed by atoms with Crippen LogP contribution >= 0.6 is 0 Å². The third-order valence-electron chi connectivity index (χ3n) is 4.40. The molecule has 0 spiro atoms. The number of sulfonamides is 1. The lowest BCUT2D eigenvalue weighted by molar-refractivity contribution is 0.414. The topological polar surface area (TPSA) is 77.1 Å². The Hall–Kier alpha value is -0.850. The number of nitrogens with zero attached hydrogens (tertiary/aromatic N) is 1. The molecule has 2 unspecified atom stereocenters. The zero-order valence-corrected chi connectivity index (χ0v) is 13.1. The zero-order chi connectivity index (χ0) is 14.8. The van der Waals surface area contributed by atoms with E-state index in [1.54, 1.807) is 12.3 Å². The second-order valence-corrected chi connectivity index (χ2v) is 7.44. The van der Waals surface area contributed by atoms with Crippen LogP contribution in [0, 0.1) is 11.8 Å². The second-order valence-electron chi connectivity index (χ2n) is 5.68. The van der Waals surface area contributed by atoms with Crippen LogP contribution in [0.5, 0.6) is 0 Å². The summed E-state index contributed by atoms with van der Waals surface area (Å²) in [4.78, 5) is 0.324. The van der Waals surface area contributed by atoms with E-state index in [0.717, 1.165) is 18.7 Å². The normalized spacial score (nSPS) is 23.4. The van der Waals surface area contributed by atoms with Gasteiger partial charge in [-0.05, 0) is 31.2 Å². The third-order valence-corrected chi connectivity index (χ3v) is 5.79. The first-order valence-corrected chi connectivity index (χ1v) is 8.85. The largest absolute Gasteiger partial charge is 0.349 e. The molecule has 2 rings (SSSR count). The first-order chi connectivity index (χ1) is 9.47. The molecule has 3 N–H and O–H groups in total. The van der Waals surface area contributed by atoms with Crippen molar-refractivity contribution >= 4 is 10.0 Å². The van der Waals surface area contributed by atoms with E-state index in [1.165, 1.54) is 12.8 Å². The Morgan fingerprint density at radius 1 is 1.45 bits per heavy atom. The molecule has 5 nitrogen and oxygen atoms in total. The number of aryl methyl sites for hydroxylation is 1. The highest BCUT2D eigenvalue weighted by Crippen LogP contribution is 2.30. The molecule has 2 atom stereocenters. The van der Waals surface area contributed by atoms with E-state index in [0.29, 0.717) is 29.8 Å². The van der Waals surface area contributed by atoms with E-state index < -0.39 is 10.0 Å². The Bertz CT molecular complexity index is 529. The molecular formula is C14H25N3O2S. The lowest BCUT2D eigenvalue weighted by Gasteiger charge is -2.15. The molecule has 114 valence electrons. The standard InChI is InChI=1S/C14H25N3O2S/c1-3-17-10-14(7-13(17)8-15)20(18,19)16-9-12-6-4-5-11(12)2/h7,10-12,16H,3-6,8-9,15H2,1-2H3. The third kappa shape index (κ3) is 3.24. The van der Waals surface area contributed by atoms with Gasteiger partial charge >= 0.3 is 0 Å². The number of nitrogens with two attached hydrogens (primary N) is 1. The van der Waals surface area contributed by atoms with Gasteiger partial charge in [0.2, 0.25) is 10.0 Å². The van der Waals surface area contributed by atoms with Gasteiger partial charge in [0.1, 0.15) is 0 Å². The van der Waals surface area contributed by atoms with Gasteiger partial charge in [0.15, 0.2) is 0 Å². The summed E-state index contributed by atoms with van der Waals surface area (Å²) in [5, 5.41) is 0. The van der Waals surface area contributed by atoms with Crippen LogP contribution in [-0.4, -0.2) is 19.5 Å². The Balaban J connectivity index is 2.08. The summed E-state index contributed by atoms with van der Waals surface area (Å²) < 4.78 is 29.3. The minimum atomic E-state index is -3.42. The highest BCUT2D eigenvalue weighted by atomic mass is 32.2. The van der Waals surface area contributed by atoms with E-state index in [9.17, 15) is 8.42 Å². The van der Waals surface area contributed by atoms with Crippen LogP contribution in [-0.2, 0) is 23.1 Å². The molecule has 0 saturated heterocycles. The number of hydrogen-bond donors (Lipinski definition) is 2.